The van der Waals surface area contributed by atoms with Crippen LogP contribution in [0, 0.1) is 0 Å². The van der Waals surface area contributed by atoms with Crippen LogP contribution < -0.4 is 14.8 Å². The van der Waals surface area contributed by atoms with E-state index in [1.165, 1.54) is 0 Å². The molecule has 17 heavy (non-hydrogen) atoms. The van der Waals surface area contributed by atoms with Crippen LogP contribution in [0.1, 0.15) is 5.01 Å². The third kappa shape index (κ3) is 3.04. The minimum absolute atomic E-state index is 0.455. The summed E-state index contributed by atoms with van der Waals surface area (Å²) in [7, 11) is 3.10. The van der Waals surface area contributed by atoms with E-state index in [0.717, 1.165) is 5.01 Å². The SMILES string of the molecule is COc1cc(OC)nc(NCc2nccs2)n1. The number of thiazole rings is 1. The van der Waals surface area contributed by atoms with E-state index in [2.05, 4.69) is 20.3 Å². The molecule has 0 radical (unpaired) electrons. The summed E-state index contributed by atoms with van der Waals surface area (Å²) in [6.45, 7) is 0.577. The third-order valence-corrected chi connectivity index (χ3v) is 2.76. The van der Waals surface area contributed by atoms with Crippen molar-refractivity contribution in [2.75, 3.05) is 19.5 Å². The number of nitrogens with zero attached hydrogens (tertiary/aromatic N) is 3. The zero-order valence-corrected chi connectivity index (χ0v) is 10.3. The lowest BCUT2D eigenvalue weighted by atomic mass is 10.6. The number of rotatable bonds is 5. The first-order valence-corrected chi connectivity index (χ1v) is 5.79. The molecule has 0 bridgehead atoms. The standard InChI is InChI=1S/C10H12N4O2S/c1-15-7-5-8(16-2)14-10(13-7)12-6-9-11-3-4-17-9/h3-5H,6H2,1-2H3,(H,12,13,14). The average molecular weight is 252 g/mol. The van der Waals surface area contributed by atoms with E-state index in [-0.39, 0.29) is 0 Å². The van der Waals surface area contributed by atoms with E-state index in [1.807, 2.05) is 5.38 Å². The third-order valence-electron chi connectivity index (χ3n) is 1.98. The lowest BCUT2D eigenvalue weighted by Crippen LogP contribution is -2.05. The summed E-state index contributed by atoms with van der Waals surface area (Å²) in [4.78, 5) is 12.5. The second-order valence-corrected chi connectivity index (χ2v) is 4.03. The lowest BCUT2D eigenvalue weighted by Gasteiger charge is -2.07. The Morgan fingerprint density at radius 1 is 1.24 bits per heavy atom. The molecular weight excluding hydrogens is 240 g/mol. The monoisotopic (exact) mass is 252 g/mol. The van der Waals surface area contributed by atoms with Crippen LogP contribution in [0.2, 0.25) is 0 Å². The van der Waals surface area contributed by atoms with E-state index >= 15 is 0 Å². The van der Waals surface area contributed by atoms with Crippen molar-refractivity contribution in [3.8, 4) is 11.8 Å². The zero-order chi connectivity index (χ0) is 12.1. The predicted octanol–water partition coefficient (Wildman–Crippen LogP) is 1.56. The zero-order valence-electron chi connectivity index (χ0n) is 9.51. The molecule has 6 nitrogen and oxygen atoms in total. The van der Waals surface area contributed by atoms with Crippen LogP contribution >= 0.6 is 11.3 Å². The van der Waals surface area contributed by atoms with Gasteiger partial charge in [-0.1, -0.05) is 0 Å². The number of anilines is 1. The van der Waals surface area contributed by atoms with Crippen molar-refractivity contribution >= 4 is 17.3 Å². The van der Waals surface area contributed by atoms with Crippen molar-refractivity contribution in [2.45, 2.75) is 6.54 Å². The maximum atomic E-state index is 5.05. The number of hydrogen-bond acceptors (Lipinski definition) is 7. The highest BCUT2D eigenvalue weighted by atomic mass is 32.1. The van der Waals surface area contributed by atoms with Gasteiger partial charge in [0, 0.05) is 11.6 Å². The minimum Gasteiger partial charge on any atom is -0.481 e. The Hall–Kier alpha value is -1.89. The number of nitrogens with one attached hydrogen (secondary N) is 1. The molecule has 0 spiro atoms. The minimum atomic E-state index is 0.455. The van der Waals surface area contributed by atoms with Crippen LogP contribution in [0.25, 0.3) is 0 Å². The Morgan fingerprint density at radius 3 is 2.47 bits per heavy atom. The van der Waals surface area contributed by atoms with Crippen molar-refractivity contribution in [3.05, 3.63) is 22.7 Å². The van der Waals surface area contributed by atoms with Crippen LogP contribution in [0.3, 0.4) is 0 Å². The van der Waals surface area contributed by atoms with Crippen LogP contribution in [0.4, 0.5) is 5.95 Å². The molecule has 0 atom stereocenters. The molecule has 7 heteroatoms. The number of aromatic nitrogens is 3. The number of ether oxygens (including phenoxy) is 2. The van der Waals surface area contributed by atoms with Gasteiger partial charge in [-0.15, -0.1) is 11.3 Å². The first-order chi connectivity index (χ1) is 8.31. The van der Waals surface area contributed by atoms with Crippen LogP contribution in [0.15, 0.2) is 17.6 Å². The molecule has 2 aromatic rings. The Morgan fingerprint density at radius 2 is 1.94 bits per heavy atom. The maximum absolute atomic E-state index is 5.05. The van der Waals surface area contributed by atoms with Crippen LogP contribution in [0.5, 0.6) is 11.8 Å². The van der Waals surface area contributed by atoms with E-state index in [0.29, 0.717) is 24.3 Å². The molecule has 0 aromatic carbocycles. The van der Waals surface area contributed by atoms with E-state index in [4.69, 9.17) is 9.47 Å². The molecule has 2 heterocycles. The van der Waals surface area contributed by atoms with Gasteiger partial charge in [-0.2, -0.15) is 9.97 Å². The van der Waals surface area contributed by atoms with Crippen molar-refractivity contribution < 1.29 is 9.47 Å². The fraction of sp³-hybridized carbons (Fsp3) is 0.300. The number of methoxy groups -OCH3 is 2. The molecule has 90 valence electrons. The fourth-order valence-corrected chi connectivity index (χ4v) is 1.74. The Labute approximate surface area is 103 Å². The molecule has 0 unspecified atom stereocenters. The summed E-state index contributed by atoms with van der Waals surface area (Å²) in [6.07, 6.45) is 1.76. The first kappa shape index (κ1) is 11.6. The van der Waals surface area contributed by atoms with Gasteiger partial charge >= 0.3 is 0 Å². The summed E-state index contributed by atoms with van der Waals surface area (Å²) < 4.78 is 10.1. The quantitative estimate of drug-likeness (QED) is 0.871. The van der Waals surface area contributed by atoms with Gasteiger partial charge < -0.3 is 14.8 Å². The van der Waals surface area contributed by atoms with Crippen LogP contribution in [-0.4, -0.2) is 29.2 Å². The first-order valence-electron chi connectivity index (χ1n) is 4.91. The molecule has 0 aliphatic rings. The van der Waals surface area contributed by atoms with Gasteiger partial charge in [-0.25, -0.2) is 4.98 Å². The summed E-state index contributed by atoms with van der Waals surface area (Å²) >= 11 is 1.57. The summed E-state index contributed by atoms with van der Waals surface area (Å²) in [5.74, 6) is 1.37. The molecule has 0 saturated heterocycles. The van der Waals surface area contributed by atoms with Crippen molar-refractivity contribution in [2.24, 2.45) is 0 Å². The van der Waals surface area contributed by atoms with Gasteiger partial charge in [0.2, 0.25) is 17.7 Å². The van der Waals surface area contributed by atoms with E-state index < -0.39 is 0 Å². The second kappa shape index (κ2) is 5.44. The highest BCUT2D eigenvalue weighted by molar-refractivity contribution is 7.09. The molecule has 0 aliphatic heterocycles. The molecule has 0 fully saturated rings. The van der Waals surface area contributed by atoms with Crippen molar-refractivity contribution in [1.82, 2.24) is 15.0 Å². The van der Waals surface area contributed by atoms with Crippen molar-refractivity contribution in [3.63, 3.8) is 0 Å². The van der Waals surface area contributed by atoms with Gasteiger partial charge in [0.05, 0.1) is 26.8 Å². The highest BCUT2D eigenvalue weighted by Crippen LogP contribution is 2.17. The highest BCUT2D eigenvalue weighted by Gasteiger charge is 2.05. The normalized spacial score (nSPS) is 10.0. The Kier molecular flexibility index (Phi) is 3.71. The fourth-order valence-electron chi connectivity index (χ4n) is 1.19. The molecule has 2 aromatic heterocycles. The summed E-state index contributed by atoms with van der Waals surface area (Å²) in [5.41, 5.74) is 0. The average Bonchev–Trinajstić information content (AvgIpc) is 2.89. The van der Waals surface area contributed by atoms with Crippen LogP contribution in [-0.2, 0) is 6.54 Å². The Bertz CT molecular complexity index is 453. The molecule has 0 amide bonds. The molecule has 1 N–H and O–H groups in total. The molecule has 0 saturated carbocycles. The Balaban J connectivity index is 2.09. The van der Waals surface area contributed by atoms with E-state index in [1.54, 1.807) is 37.8 Å². The van der Waals surface area contributed by atoms with Gasteiger partial charge in [-0.05, 0) is 0 Å². The largest absolute Gasteiger partial charge is 0.481 e. The number of hydrogen-bond donors (Lipinski definition) is 1. The second-order valence-electron chi connectivity index (χ2n) is 3.06. The predicted molar refractivity (Wildman–Crippen MR) is 64.6 cm³/mol. The van der Waals surface area contributed by atoms with Gasteiger partial charge in [0.1, 0.15) is 5.01 Å². The van der Waals surface area contributed by atoms with Gasteiger partial charge in [0.15, 0.2) is 0 Å². The summed E-state index contributed by atoms with van der Waals surface area (Å²) in [5, 5.41) is 5.95. The topological polar surface area (TPSA) is 69.2 Å². The maximum Gasteiger partial charge on any atom is 0.229 e. The van der Waals surface area contributed by atoms with Gasteiger partial charge in [-0.3, -0.25) is 0 Å². The molecule has 2 rings (SSSR count). The molecular formula is C10H12N4O2S. The van der Waals surface area contributed by atoms with E-state index in [9.17, 15) is 0 Å². The molecule has 0 aliphatic carbocycles. The lowest BCUT2D eigenvalue weighted by molar-refractivity contribution is 0.373. The smallest absolute Gasteiger partial charge is 0.229 e. The van der Waals surface area contributed by atoms with Gasteiger partial charge in [0.25, 0.3) is 0 Å². The van der Waals surface area contributed by atoms with Crippen molar-refractivity contribution in [1.29, 1.82) is 0 Å². The summed E-state index contributed by atoms with van der Waals surface area (Å²) in [6, 6.07) is 1.62.